The first kappa shape index (κ1) is 21.4. The number of sulfonamides is 1. The predicted molar refractivity (Wildman–Crippen MR) is 117 cm³/mol. The number of anilines is 1. The molecule has 30 heavy (non-hydrogen) atoms. The zero-order valence-corrected chi connectivity index (χ0v) is 17.5. The first-order valence-corrected chi connectivity index (χ1v) is 11.1. The van der Waals surface area contributed by atoms with Crippen LogP contribution >= 0.6 is 0 Å². The fourth-order valence-electron chi connectivity index (χ4n) is 2.83. The van der Waals surface area contributed by atoms with Gasteiger partial charge in [-0.15, -0.1) is 0 Å². The summed E-state index contributed by atoms with van der Waals surface area (Å²) < 4.78 is 33.1. The van der Waals surface area contributed by atoms with Gasteiger partial charge < -0.3 is 9.64 Å². The highest BCUT2D eigenvalue weighted by molar-refractivity contribution is 7.92. The van der Waals surface area contributed by atoms with Gasteiger partial charge in [0.2, 0.25) is 0 Å². The number of carbonyl (C=O) groups excluding carboxylic acids is 1. The van der Waals surface area contributed by atoms with E-state index in [4.69, 9.17) is 4.74 Å². The van der Waals surface area contributed by atoms with Gasteiger partial charge in [-0.05, 0) is 55.0 Å². The Hall–Kier alpha value is -3.32. The van der Waals surface area contributed by atoms with Crippen LogP contribution in [-0.2, 0) is 10.0 Å². The summed E-state index contributed by atoms with van der Waals surface area (Å²) in [6, 6.07) is 24.1. The molecule has 0 saturated carbocycles. The Balaban J connectivity index is 1.53. The van der Waals surface area contributed by atoms with Crippen LogP contribution in [0, 0.1) is 0 Å². The molecular weight excluding hydrogens is 400 g/mol. The molecule has 0 aromatic heterocycles. The van der Waals surface area contributed by atoms with Gasteiger partial charge in [-0.3, -0.25) is 9.52 Å². The minimum absolute atomic E-state index is 0.0989. The van der Waals surface area contributed by atoms with Crippen molar-refractivity contribution < 1.29 is 17.9 Å². The average molecular weight is 425 g/mol. The number of ether oxygens (including phenoxy) is 1. The third kappa shape index (κ3) is 5.84. The number of amides is 1. The summed E-state index contributed by atoms with van der Waals surface area (Å²) in [6.07, 6.45) is 0.685. The summed E-state index contributed by atoms with van der Waals surface area (Å²) in [5.74, 6) is 0.627. The minimum Gasteiger partial charge on any atom is -0.494 e. The number of hydrogen-bond acceptors (Lipinski definition) is 4. The molecule has 0 bridgehead atoms. The van der Waals surface area contributed by atoms with Crippen molar-refractivity contribution in [2.45, 2.75) is 11.3 Å². The van der Waals surface area contributed by atoms with Gasteiger partial charge in [-0.1, -0.05) is 36.4 Å². The van der Waals surface area contributed by atoms with Crippen LogP contribution in [0.4, 0.5) is 5.69 Å². The highest BCUT2D eigenvalue weighted by Crippen LogP contribution is 2.17. The number of nitrogens with zero attached hydrogens (tertiary/aromatic N) is 1. The molecule has 3 aromatic rings. The van der Waals surface area contributed by atoms with E-state index >= 15 is 0 Å². The molecule has 0 aliphatic rings. The van der Waals surface area contributed by atoms with E-state index < -0.39 is 10.0 Å². The van der Waals surface area contributed by atoms with Gasteiger partial charge in [0.25, 0.3) is 15.9 Å². The molecule has 1 amide bonds. The molecule has 1 N–H and O–H groups in total. The Labute approximate surface area is 177 Å². The molecule has 156 valence electrons. The molecule has 7 heteroatoms. The van der Waals surface area contributed by atoms with Crippen LogP contribution in [-0.4, -0.2) is 39.4 Å². The summed E-state index contributed by atoms with van der Waals surface area (Å²) in [5, 5.41) is 0. The molecule has 0 aliphatic carbocycles. The van der Waals surface area contributed by atoms with Gasteiger partial charge >= 0.3 is 0 Å². The monoisotopic (exact) mass is 424 g/mol. The number of benzene rings is 3. The first-order chi connectivity index (χ1) is 14.5. The number of para-hydroxylation sites is 2. The number of rotatable bonds is 9. The minimum atomic E-state index is -3.71. The summed E-state index contributed by atoms with van der Waals surface area (Å²) >= 11 is 0. The predicted octanol–water partition coefficient (Wildman–Crippen LogP) is 4.03. The van der Waals surface area contributed by atoms with Crippen molar-refractivity contribution in [3.8, 4) is 5.75 Å². The molecule has 0 saturated heterocycles. The van der Waals surface area contributed by atoms with E-state index in [-0.39, 0.29) is 10.8 Å². The van der Waals surface area contributed by atoms with Crippen LogP contribution in [0.25, 0.3) is 0 Å². The van der Waals surface area contributed by atoms with Gasteiger partial charge in [-0.25, -0.2) is 8.42 Å². The lowest BCUT2D eigenvalue weighted by Crippen LogP contribution is -2.28. The van der Waals surface area contributed by atoms with E-state index in [1.807, 2.05) is 36.4 Å². The third-order valence-corrected chi connectivity index (χ3v) is 5.83. The van der Waals surface area contributed by atoms with E-state index in [9.17, 15) is 13.2 Å². The summed E-state index contributed by atoms with van der Waals surface area (Å²) in [6.45, 7) is 1.03. The molecule has 0 spiro atoms. The second-order valence-electron chi connectivity index (χ2n) is 6.74. The third-order valence-electron chi connectivity index (χ3n) is 4.43. The van der Waals surface area contributed by atoms with Crippen molar-refractivity contribution in [2.24, 2.45) is 0 Å². The Morgan fingerprint density at radius 2 is 1.50 bits per heavy atom. The molecule has 0 radical (unpaired) electrons. The van der Waals surface area contributed by atoms with E-state index in [0.29, 0.717) is 30.8 Å². The van der Waals surface area contributed by atoms with E-state index in [1.54, 1.807) is 36.2 Å². The largest absolute Gasteiger partial charge is 0.494 e. The van der Waals surface area contributed by atoms with Crippen LogP contribution in [0.3, 0.4) is 0 Å². The molecule has 0 aliphatic heterocycles. The quantitative estimate of drug-likeness (QED) is 0.526. The highest BCUT2D eigenvalue weighted by Gasteiger charge is 2.16. The van der Waals surface area contributed by atoms with Crippen molar-refractivity contribution in [2.75, 3.05) is 24.9 Å². The highest BCUT2D eigenvalue weighted by atomic mass is 32.2. The van der Waals surface area contributed by atoms with Crippen molar-refractivity contribution in [1.29, 1.82) is 0 Å². The summed E-state index contributed by atoms with van der Waals surface area (Å²) in [7, 11) is -2.00. The Morgan fingerprint density at radius 3 is 2.13 bits per heavy atom. The Morgan fingerprint density at radius 1 is 0.900 bits per heavy atom. The number of carbonyl (C=O) groups is 1. The molecule has 3 rings (SSSR count). The second-order valence-corrected chi connectivity index (χ2v) is 8.42. The topological polar surface area (TPSA) is 75.7 Å². The van der Waals surface area contributed by atoms with Crippen LogP contribution in [0.5, 0.6) is 5.75 Å². The van der Waals surface area contributed by atoms with Gasteiger partial charge in [0.15, 0.2) is 0 Å². The van der Waals surface area contributed by atoms with Gasteiger partial charge in [-0.2, -0.15) is 0 Å². The number of hydrogen-bond donors (Lipinski definition) is 1. The molecular formula is C23H24N2O4S. The lowest BCUT2D eigenvalue weighted by atomic mass is 10.2. The smallest absolute Gasteiger partial charge is 0.261 e. The Kier molecular flexibility index (Phi) is 7.08. The van der Waals surface area contributed by atoms with E-state index in [2.05, 4.69) is 4.72 Å². The zero-order chi connectivity index (χ0) is 21.4. The van der Waals surface area contributed by atoms with E-state index in [1.165, 1.54) is 24.3 Å². The summed E-state index contributed by atoms with van der Waals surface area (Å²) in [5.41, 5.74) is 0.912. The van der Waals surface area contributed by atoms with Crippen LogP contribution in [0.2, 0.25) is 0 Å². The molecule has 6 nitrogen and oxygen atoms in total. The fourth-order valence-corrected chi connectivity index (χ4v) is 3.89. The van der Waals surface area contributed by atoms with Crippen molar-refractivity contribution >= 4 is 21.6 Å². The lowest BCUT2D eigenvalue weighted by Gasteiger charge is -2.17. The maximum absolute atomic E-state index is 12.6. The van der Waals surface area contributed by atoms with Crippen LogP contribution in [0.1, 0.15) is 16.8 Å². The van der Waals surface area contributed by atoms with Crippen molar-refractivity contribution in [3.63, 3.8) is 0 Å². The normalized spacial score (nSPS) is 11.0. The second kappa shape index (κ2) is 9.93. The zero-order valence-electron chi connectivity index (χ0n) is 16.7. The van der Waals surface area contributed by atoms with Crippen molar-refractivity contribution in [3.05, 3.63) is 90.5 Å². The Bertz CT molecular complexity index is 1050. The van der Waals surface area contributed by atoms with Crippen LogP contribution < -0.4 is 9.46 Å². The molecule has 3 aromatic carbocycles. The van der Waals surface area contributed by atoms with Crippen LogP contribution in [0.15, 0.2) is 89.8 Å². The van der Waals surface area contributed by atoms with Gasteiger partial charge in [0, 0.05) is 24.8 Å². The molecule has 0 fully saturated rings. The number of nitrogens with one attached hydrogen (secondary N) is 1. The van der Waals surface area contributed by atoms with Gasteiger partial charge in [0.05, 0.1) is 11.5 Å². The molecule has 0 atom stereocenters. The lowest BCUT2D eigenvalue weighted by molar-refractivity contribution is 0.0787. The molecule has 0 unspecified atom stereocenters. The molecule has 0 heterocycles. The maximum Gasteiger partial charge on any atom is 0.261 e. The van der Waals surface area contributed by atoms with E-state index in [0.717, 1.165) is 5.75 Å². The maximum atomic E-state index is 12.6. The average Bonchev–Trinajstić information content (AvgIpc) is 2.77. The SMILES string of the molecule is CN(CCCOc1ccccc1)C(=O)c1ccc(S(=O)(=O)Nc2ccccc2)cc1. The first-order valence-electron chi connectivity index (χ1n) is 9.57. The standard InChI is InChI=1S/C23H24N2O4S/c1-25(17-8-18-29-21-11-6-3-7-12-21)23(26)19-13-15-22(16-14-19)30(27,28)24-20-9-4-2-5-10-20/h2-7,9-16,24H,8,17-18H2,1H3. The van der Waals surface area contributed by atoms with Gasteiger partial charge in [0.1, 0.15) is 5.75 Å². The van der Waals surface area contributed by atoms with Crippen molar-refractivity contribution in [1.82, 2.24) is 4.90 Å². The summed E-state index contributed by atoms with van der Waals surface area (Å²) in [4.78, 5) is 14.3. The fraction of sp³-hybridized carbons (Fsp3) is 0.174.